The highest BCUT2D eigenvalue weighted by Crippen LogP contribution is 2.30. The molecule has 1 rings (SSSR count). The molecule has 26 heavy (non-hydrogen) atoms. The Balaban J connectivity index is 2.07. The molecule has 7 nitrogen and oxygen atoms in total. The number of hydrogen-bond acceptors (Lipinski definition) is 4. The first kappa shape index (κ1) is 22.3. The second-order valence-corrected chi connectivity index (χ2v) is 7.97. The highest BCUT2D eigenvalue weighted by atomic mass is 16.6. The van der Waals surface area contributed by atoms with Crippen LogP contribution in [-0.4, -0.2) is 41.8 Å². The number of carbonyl (C=O) groups is 3. The number of hydrogen-bond donors (Lipinski definition) is 3. The number of rotatable bonds is 9. The number of carboxylic acids is 1. The zero-order valence-electron chi connectivity index (χ0n) is 16.3. The summed E-state index contributed by atoms with van der Waals surface area (Å²) in [4.78, 5) is 34.9. The van der Waals surface area contributed by atoms with E-state index in [1.165, 1.54) is 0 Å². The molecule has 1 aliphatic carbocycles. The van der Waals surface area contributed by atoms with Crippen LogP contribution in [0, 0.1) is 11.8 Å². The zero-order chi connectivity index (χ0) is 19.6. The van der Waals surface area contributed by atoms with Crippen molar-refractivity contribution in [2.24, 2.45) is 11.8 Å². The first-order chi connectivity index (χ1) is 12.2. The van der Waals surface area contributed by atoms with Crippen LogP contribution in [0.15, 0.2) is 0 Å². The van der Waals surface area contributed by atoms with E-state index in [0.29, 0.717) is 25.9 Å². The topological polar surface area (TPSA) is 105 Å². The van der Waals surface area contributed by atoms with Crippen LogP contribution in [-0.2, 0) is 14.3 Å². The molecule has 0 aromatic rings. The predicted octanol–water partition coefficient (Wildman–Crippen LogP) is 3.08. The van der Waals surface area contributed by atoms with Crippen molar-refractivity contribution in [1.82, 2.24) is 10.6 Å². The Bertz CT molecular complexity index is 473. The molecule has 2 amide bonds. The smallest absolute Gasteiger partial charge is 0.407 e. The number of unbranched alkanes of at least 4 members (excludes halogenated alkanes) is 3. The Morgan fingerprint density at radius 3 is 2.00 bits per heavy atom. The minimum absolute atomic E-state index is 0.122. The molecule has 0 aliphatic heterocycles. The Morgan fingerprint density at radius 1 is 0.923 bits per heavy atom. The number of nitrogens with one attached hydrogen (secondary N) is 2. The van der Waals surface area contributed by atoms with Gasteiger partial charge in [0.15, 0.2) is 0 Å². The number of carbonyl (C=O) groups excluding carboxylic acids is 2. The van der Waals surface area contributed by atoms with E-state index >= 15 is 0 Å². The molecule has 0 aromatic carbocycles. The summed E-state index contributed by atoms with van der Waals surface area (Å²) in [5.74, 6) is -1.91. The van der Waals surface area contributed by atoms with E-state index < -0.39 is 23.6 Å². The lowest BCUT2D eigenvalue weighted by Crippen LogP contribution is -2.40. The highest BCUT2D eigenvalue weighted by molar-refractivity contribution is 5.84. The van der Waals surface area contributed by atoms with Crippen molar-refractivity contribution in [3.63, 3.8) is 0 Å². The average molecular weight is 370 g/mol. The molecule has 3 N–H and O–H groups in total. The van der Waals surface area contributed by atoms with Crippen LogP contribution in [0.3, 0.4) is 0 Å². The Morgan fingerprint density at radius 2 is 1.46 bits per heavy atom. The number of amides is 2. The minimum Gasteiger partial charge on any atom is -0.481 e. The average Bonchev–Trinajstić information content (AvgIpc) is 2.55. The summed E-state index contributed by atoms with van der Waals surface area (Å²) in [6.07, 6.45) is 6.28. The maximum Gasteiger partial charge on any atom is 0.407 e. The molecular weight excluding hydrogens is 336 g/mol. The minimum atomic E-state index is -0.859. The third-order valence-electron chi connectivity index (χ3n) is 4.49. The summed E-state index contributed by atoms with van der Waals surface area (Å²) >= 11 is 0. The summed E-state index contributed by atoms with van der Waals surface area (Å²) in [6, 6.07) is 0. The van der Waals surface area contributed by atoms with Crippen molar-refractivity contribution in [2.45, 2.75) is 77.7 Å². The van der Waals surface area contributed by atoms with Crippen molar-refractivity contribution in [2.75, 3.05) is 13.1 Å². The summed E-state index contributed by atoms with van der Waals surface area (Å²) in [6.45, 7) is 6.62. The molecule has 0 saturated heterocycles. The van der Waals surface area contributed by atoms with Crippen LogP contribution >= 0.6 is 0 Å². The summed E-state index contributed by atoms with van der Waals surface area (Å²) in [5.41, 5.74) is -0.486. The van der Waals surface area contributed by atoms with Gasteiger partial charge < -0.3 is 20.5 Å². The van der Waals surface area contributed by atoms with Gasteiger partial charge in [-0.05, 0) is 46.5 Å². The lowest BCUT2D eigenvalue weighted by molar-refractivity contribution is -0.148. The van der Waals surface area contributed by atoms with Gasteiger partial charge in [-0.15, -0.1) is 0 Å². The zero-order valence-corrected chi connectivity index (χ0v) is 16.3. The van der Waals surface area contributed by atoms with Crippen LogP contribution in [0.1, 0.15) is 72.1 Å². The number of aliphatic carboxylic acids is 1. The second kappa shape index (κ2) is 11.0. The van der Waals surface area contributed by atoms with Gasteiger partial charge in [0.05, 0.1) is 11.8 Å². The van der Waals surface area contributed by atoms with Gasteiger partial charge >= 0.3 is 12.1 Å². The van der Waals surface area contributed by atoms with Crippen LogP contribution in [0.4, 0.5) is 4.79 Å². The van der Waals surface area contributed by atoms with Crippen molar-refractivity contribution >= 4 is 18.0 Å². The molecule has 0 radical (unpaired) electrons. The van der Waals surface area contributed by atoms with Gasteiger partial charge in [-0.2, -0.15) is 0 Å². The maximum atomic E-state index is 12.2. The van der Waals surface area contributed by atoms with Gasteiger partial charge in [0.1, 0.15) is 5.60 Å². The molecule has 2 atom stereocenters. The van der Waals surface area contributed by atoms with Gasteiger partial charge in [-0.1, -0.05) is 25.7 Å². The summed E-state index contributed by atoms with van der Waals surface area (Å²) in [5, 5.41) is 14.8. The molecule has 7 heteroatoms. The molecule has 0 bridgehead atoms. The van der Waals surface area contributed by atoms with E-state index in [9.17, 15) is 19.5 Å². The molecule has 1 aliphatic rings. The van der Waals surface area contributed by atoms with E-state index in [1.54, 1.807) is 0 Å². The normalized spacial score (nSPS) is 20.3. The van der Waals surface area contributed by atoms with Gasteiger partial charge in [0.2, 0.25) is 5.91 Å². The molecule has 1 fully saturated rings. The molecule has 0 heterocycles. The number of alkyl carbamates (subject to hydrolysis) is 1. The predicted molar refractivity (Wildman–Crippen MR) is 98.8 cm³/mol. The van der Waals surface area contributed by atoms with E-state index in [1.807, 2.05) is 20.8 Å². The molecule has 1 saturated carbocycles. The quantitative estimate of drug-likeness (QED) is 0.541. The third kappa shape index (κ3) is 9.06. The largest absolute Gasteiger partial charge is 0.481 e. The highest BCUT2D eigenvalue weighted by Gasteiger charge is 2.35. The Labute approximate surface area is 156 Å². The Hall–Kier alpha value is -1.79. The van der Waals surface area contributed by atoms with Gasteiger partial charge in [-0.25, -0.2) is 4.79 Å². The first-order valence-electron chi connectivity index (χ1n) is 9.68. The number of carboxylic acid groups (broad SMARTS) is 1. The fourth-order valence-corrected chi connectivity index (χ4v) is 3.19. The third-order valence-corrected chi connectivity index (χ3v) is 4.49. The van der Waals surface area contributed by atoms with E-state index in [-0.39, 0.29) is 11.8 Å². The van der Waals surface area contributed by atoms with E-state index in [2.05, 4.69) is 10.6 Å². The summed E-state index contributed by atoms with van der Waals surface area (Å²) in [7, 11) is 0. The first-order valence-corrected chi connectivity index (χ1v) is 9.68. The van der Waals surface area contributed by atoms with Crippen LogP contribution in [0.25, 0.3) is 0 Å². The standard InChI is InChI=1S/C19H34N2O5/c1-19(2,3)26-18(25)21-13-9-5-4-8-12-20-16(22)14-10-6-7-11-15(14)17(23)24/h14-15H,4-13H2,1-3H3,(H,20,22)(H,21,25)(H,23,24)/t14-,15+/m0/s1. The van der Waals surface area contributed by atoms with Gasteiger partial charge in [0, 0.05) is 13.1 Å². The summed E-state index contributed by atoms with van der Waals surface area (Å²) < 4.78 is 5.15. The fraction of sp³-hybridized carbons (Fsp3) is 0.842. The van der Waals surface area contributed by atoms with Crippen molar-refractivity contribution in [3.05, 3.63) is 0 Å². The van der Waals surface area contributed by atoms with Crippen LogP contribution in [0.2, 0.25) is 0 Å². The Kier molecular flexibility index (Phi) is 9.44. The molecule has 0 unspecified atom stereocenters. The van der Waals surface area contributed by atoms with Gasteiger partial charge in [0.25, 0.3) is 0 Å². The molecule has 0 spiro atoms. The lowest BCUT2D eigenvalue weighted by atomic mass is 9.78. The van der Waals surface area contributed by atoms with Crippen molar-refractivity contribution < 1.29 is 24.2 Å². The molecular formula is C19H34N2O5. The van der Waals surface area contributed by atoms with Gasteiger partial charge in [-0.3, -0.25) is 9.59 Å². The lowest BCUT2D eigenvalue weighted by Gasteiger charge is -2.27. The van der Waals surface area contributed by atoms with E-state index in [4.69, 9.17) is 4.74 Å². The SMILES string of the molecule is CC(C)(C)OC(=O)NCCCCCCNC(=O)[C@H]1CCCC[C@H]1C(=O)O. The molecule has 0 aromatic heterocycles. The van der Waals surface area contributed by atoms with Crippen molar-refractivity contribution in [3.8, 4) is 0 Å². The van der Waals surface area contributed by atoms with E-state index in [0.717, 1.165) is 38.5 Å². The maximum absolute atomic E-state index is 12.2. The monoisotopic (exact) mass is 370 g/mol. The van der Waals surface area contributed by atoms with Crippen molar-refractivity contribution in [1.29, 1.82) is 0 Å². The second-order valence-electron chi connectivity index (χ2n) is 7.97. The molecule has 150 valence electrons. The fourth-order valence-electron chi connectivity index (χ4n) is 3.19. The van der Waals surface area contributed by atoms with Crippen LogP contribution in [0.5, 0.6) is 0 Å². The number of ether oxygens (including phenoxy) is 1. The van der Waals surface area contributed by atoms with Crippen LogP contribution < -0.4 is 10.6 Å².